The van der Waals surface area contributed by atoms with E-state index in [0.29, 0.717) is 54.2 Å². The van der Waals surface area contributed by atoms with E-state index in [0.717, 1.165) is 42.2 Å². The number of nitrogens with one attached hydrogen (secondary N) is 1. The van der Waals surface area contributed by atoms with E-state index in [1.54, 1.807) is 29.2 Å². The summed E-state index contributed by atoms with van der Waals surface area (Å²) in [6, 6.07) is 20.4. The zero-order chi connectivity index (χ0) is 29.4. The maximum atomic E-state index is 13.5. The zero-order valence-electron chi connectivity index (χ0n) is 23.6. The van der Waals surface area contributed by atoms with E-state index in [-0.39, 0.29) is 11.8 Å². The molecule has 1 saturated heterocycles. The molecule has 3 aromatic carbocycles. The lowest BCUT2D eigenvalue weighted by Crippen LogP contribution is -2.48. The number of likely N-dealkylation sites (tertiary alicyclic amines) is 1. The van der Waals surface area contributed by atoms with Crippen LogP contribution in [0.1, 0.15) is 64.4 Å². The van der Waals surface area contributed by atoms with Crippen LogP contribution in [0.25, 0.3) is 11.1 Å². The number of rotatable bonds is 10. The molecule has 1 fully saturated rings. The molecule has 0 aromatic heterocycles. The van der Waals surface area contributed by atoms with Crippen molar-refractivity contribution in [2.24, 2.45) is 5.92 Å². The predicted molar refractivity (Wildman–Crippen MR) is 160 cm³/mol. The number of benzene rings is 3. The Bertz CT molecular complexity index is 1380. The molecule has 0 aliphatic carbocycles. The van der Waals surface area contributed by atoms with Crippen molar-refractivity contribution >= 4 is 29.9 Å². The largest absolute Gasteiger partial charge is 0.453 e. The quantitative estimate of drug-likeness (QED) is 0.219. The Morgan fingerprint density at radius 1 is 1.15 bits per heavy atom. The molecule has 1 aliphatic rings. The van der Waals surface area contributed by atoms with Gasteiger partial charge in [0.2, 0.25) is 0 Å². The van der Waals surface area contributed by atoms with Crippen LogP contribution in [-0.2, 0) is 16.8 Å². The average molecular weight is 577 g/mol. The molecule has 0 saturated carbocycles. The minimum absolute atomic E-state index is 0.135. The first-order valence-corrected chi connectivity index (χ1v) is 14.5. The summed E-state index contributed by atoms with van der Waals surface area (Å²) in [7, 11) is 1.31. The molecule has 1 unspecified atom stereocenters. The van der Waals surface area contributed by atoms with Gasteiger partial charge in [-0.2, -0.15) is 0 Å². The highest BCUT2D eigenvalue weighted by atomic mass is 35.5. The molecule has 1 aliphatic heterocycles. The number of hydrogen-bond donors (Lipinski definition) is 2. The Hall–Kier alpha value is -3.68. The molecule has 2 amide bonds. The van der Waals surface area contributed by atoms with E-state index in [2.05, 4.69) is 24.4 Å². The second kappa shape index (κ2) is 13.8. The van der Waals surface area contributed by atoms with E-state index in [1.165, 1.54) is 7.11 Å². The number of piperidine rings is 1. The van der Waals surface area contributed by atoms with E-state index in [4.69, 9.17) is 16.3 Å². The van der Waals surface area contributed by atoms with Gasteiger partial charge in [0.05, 0.1) is 12.7 Å². The van der Waals surface area contributed by atoms with E-state index in [9.17, 15) is 19.5 Å². The topological polar surface area (TPSA) is 95.9 Å². The molecular formula is C33H37ClN2O5. The van der Waals surface area contributed by atoms with Gasteiger partial charge in [0.15, 0.2) is 0 Å². The summed E-state index contributed by atoms with van der Waals surface area (Å²) in [5.74, 6) is -0.414. The van der Waals surface area contributed by atoms with Crippen LogP contribution in [0, 0.1) is 5.92 Å². The standard InChI is InChI=1S/C33H37ClN2O5/c1-3-23-8-4-9-26(20-23)30-28(11-5-12-29(30)34)33(40,17-7-18-35-32(39)41-2)27-10-6-19-36(21-27)31(38)25-15-13-24(22-37)14-16-25/h4-5,8-9,11-16,20,22,27,40H,3,6-7,10,17-19,21H2,1-2H3,(H,35,39)/t27-,33?/m1/s1. The molecule has 2 atom stereocenters. The van der Waals surface area contributed by atoms with Crippen molar-refractivity contribution in [2.75, 3.05) is 26.7 Å². The summed E-state index contributed by atoms with van der Waals surface area (Å²) in [4.78, 5) is 38.0. The number of aryl methyl sites for hydroxylation is 1. The fourth-order valence-corrected chi connectivity index (χ4v) is 6.03. The molecule has 41 heavy (non-hydrogen) atoms. The predicted octanol–water partition coefficient (Wildman–Crippen LogP) is 6.26. The molecule has 4 rings (SSSR count). The fourth-order valence-electron chi connectivity index (χ4n) is 5.74. The number of ether oxygens (including phenoxy) is 1. The van der Waals surface area contributed by atoms with Gasteiger partial charge in [-0.3, -0.25) is 9.59 Å². The van der Waals surface area contributed by atoms with Crippen molar-refractivity contribution in [3.05, 3.63) is 94.0 Å². The van der Waals surface area contributed by atoms with E-state index < -0.39 is 11.7 Å². The van der Waals surface area contributed by atoms with Gasteiger partial charge in [0, 0.05) is 47.3 Å². The number of aldehydes is 1. The normalized spacial score (nSPS) is 16.5. The lowest BCUT2D eigenvalue weighted by atomic mass is 9.72. The summed E-state index contributed by atoms with van der Waals surface area (Å²) < 4.78 is 4.70. The first-order chi connectivity index (χ1) is 19.8. The van der Waals surface area contributed by atoms with E-state index >= 15 is 0 Å². The monoisotopic (exact) mass is 576 g/mol. The lowest BCUT2D eigenvalue weighted by Gasteiger charge is -2.44. The highest BCUT2D eigenvalue weighted by molar-refractivity contribution is 6.33. The van der Waals surface area contributed by atoms with Gasteiger partial charge in [-0.05, 0) is 67.0 Å². The average Bonchev–Trinajstić information content (AvgIpc) is 3.02. The van der Waals surface area contributed by atoms with Crippen molar-refractivity contribution in [2.45, 2.75) is 44.6 Å². The molecule has 216 valence electrons. The van der Waals surface area contributed by atoms with Gasteiger partial charge in [-0.15, -0.1) is 0 Å². The number of aliphatic hydroxyl groups is 1. The summed E-state index contributed by atoms with van der Waals surface area (Å²) in [5.41, 5.74) is 3.26. The second-order valence-corrected chi connectivity index (χ2v) is 10.9. The number of nitrogens with zero attached hydrogens (tertiary/aromatic N) is 1. The van der Waals surface area contributed by atoms with Gasteiger partial charge in [0.1, 0.15) is 6.29 Å². The van der Waals surface area contributed by atoms with Gasteiger partial charge in [-0.25, -0.2) is 4.79 Å². The van der Waals surface area contributed by atoms with Crippen molar-refractivity contribution in [1.29, 1.82) is 0 Å². The Morgan fingerprint density at radius 2 is 1.90 bits per heavy atom. The Morgan fingerprint density at radius 3 is 2.61 bits per heavy atom. The van der Waals surface area contributed by atoms with Crippen LogP contribution >= 0.6 is 11.6 Å². The molecule has 0 bridgehead atoms. The van der Waals surface area contributed by atoms with Crippen LogP contribution in [-0.4, -0.2) is 55.0 Å². The third-order valence-electron chi connectivity index (χ3n) is 7.97. The van der Waals surface area contributed by atoms with Crippen LogP contribution in [0.3, 0.4) is 0 Å². The summed E-state index contributed by atoms with van der Waals surface area (Å²) in [5, 5.41) is 15.9. The first-order valence-electron chi connectivity index (χ1n) is 14.1. The summed E-state index contributed by atoms with van der Waals surface area (Å²) in [6.07, 6.45) is 3.37. The van der Waals surface area contributed by atoms with Crippen LogP contribution in [0.2, 0.25) is 5.02 Å². The summed E-state index contributed by atoms with van der Waals surface area (Å²) >= 11 is 6.84. The van der Waals surface area contributed by atoms with Gasteiger partial charge in [-0.1, -0.05) is 67.1 Å². The van der Waals surface area contributed by atoms with Gasteiger partial charge < -0.3 is 20.1 Å². The molecule has 8 heteroatoms. The first kappa shape index (κ1) is 30.3. The number of halogens is 1. The molecule has 0 spiro atoms. The lowest BCUT2D eigenvalue weighted by molar-refractivity contribution is -0.0563. The number of amides is 2. The molecule has 0 radical (unpaired) electrons. The van der Waals surface area contributed by atoms with Gasteiger partial charge in [0.25, 0.3) is 5.91 Å². The van der Waals surface area contributed by atoms with E-state index in [1.807, 2.05) is 30.3 Å². The van der Waals surface area contributed by atoms with Crippen molar-refractivity contribution in [1.82, 2.24) is 10.2 Å². The maximum absolute atomic E-state index is 13.5. The third-order valence-corrected chi connectivity index (χ3v) is 8.29. The highest BCUT2D eigenvalue weighted by Gasteiger charge is 2.43. The SMILES string of the molecule is CCc1cccc(-c2c(Cl)cccc2C(O)(CCCNC(=O)OC)[C@@H]2CCCN(C(=O)c3ccc(C=O)cc3)C2)c1. The van der Waals surface area contributed by atoms with Crippen molar-refractivity contribution in [3.8, 4) is 11.1 Å². The Balaban J connectivity index is 1.71. The summed E-state index contributed by atoms with van der Waals surface area (Å²) in [6.45, 7) is 3.36. The number of alkyl carbamates (subject to hydrolysis) is 1. The number of hydrogen-bond acceptors (Lipinski definition) is 5. The van der Waals surface area contributed by atoms with Crippen molar-refractivity contribution < 1.29 is 24.2 Å². The minimum Gasteiger partial charge on any atom is -0.453 e. The van der Waals surface area contributed by atoms with Crippen LogP contribution < -0.4 is 5.32 Å². The molecule has 1 heterocycles. The fraction of sp³-hybridized carbons (Fsp3) is 0.364. The maximum Gasteiger partial charge on any atom is 0.406 e. The van der Waals surface area contributed by atoms with Crippen LogP contribution in [0.4, 0.5) is 4.79 Å². The highest BCUT2D eigenvalue weighted by Crippen LogP contribution is 2.45. The van der Waals surface area contributed by atoms with Crippen molar-refractivity contribution in [3.63, 3.8) is 0 Å². The number of carbonyl (C=O) groups excluding carboxylic acids is 3. The Kier molecular flexibility index (Phi) is 10.2. The Labute approximate surface area is 246 Å². The minimum atomic E-state index is -1.33. The number of methoxy groups -OCH3 is 1. The molecule has 7 nitrogen and oxygen atoms in total. The van der Waals surface area contributed by atoms with Crippen LogP contribution in [0.5, 0.6) is 0 Å². The number of carbonyl (C=O) groups is 3. The smallest absolute Gasteiger partial charge is 0.406 e. The third kappa shape index (κ3) is 6.97. The molecule has 3 aromatic rings. The molecule has 2 N–H and O–H groups in total. The zero-order valence-corrected chi connectivity index (χ0v) is 24.3. The second-order valence-electron chi connectivity index (χ2n) is 10.5. The van der Waals surface area contributed by atoms with Crippen LogP contribution in [0.15, 0.2) is 66.7 Å². The van der Waals surface area contributed by atoms with Gasteiger partial charge >= 0.3 is 6.09 Å². The molecular weight excluding hydrogens is 540 g/mol.